The highest BCUT2D eigenvalue weighted by Crippen LogP contribution is 2.22. The van der Waals surface area contributed by atoms with Crippen LogP contribution < -0.4 is 36.8 Å². The average molecular weight is 437 g/mol. The molecule has 0 unspecified atom stereocenters. The molecule has 4 rings (SSSR count). The average Bonchev–Trinajstić information content (AvgIpc) is 2.86. The number of anilines is 4. The van der Waals surface area contributed by atoms with Crippen molar-refractivity contribution in [1.29, 1.82) is 0 Å². The Bertz CT molecular complexity index is 1140. The maximum absolute atomic E-state index is 12.2. The molecule has 32 heavy (non-hydrogen) atoms. The van der Waals surface area contributed by atoms with Gasteiger partial charge in [0.05, 0.1) is 5.56 Å². The number of aromatic nitrogens is 2. The van der Waals surface area contributed by atoms with Crippen LogP contribution in [0.3, 0.4) is 0 Å². The lowest BCUT2D eigenvalue weighted by atomic mass is 10.1. The zero-order valence-corrected chi connectivity index (χ0v) is 17.2. The number of carbonyl (C=O) groups is 1. The molecule has 1 aliphatic heterocycles. The van der Waals surface area contributed by atoms with Crippen LogP contribution in [0.2, 0.25) is 0 Å². The summed E-state index contributed by atoms with van der Waals surface area (Å²) in [6.07, 6.45) is 2.67. The predicted molar refractivity (Wildman–Crippen MR) is 120 cm³/mol. The summed E-state index contributed by atoms with van der Waals surface area (Å²) < 4.78 is 0. The maximum Gasteiger partial charge on any atom is 0.277 e. The lowest BCUT2D eigenvalue weighted by Crippen LogP contribution is -2.52. The SMILES string of the molecule is O=C(NO)c1cnc(N2CCN(c3c(NCCNc4ccccc4)c(=O)c3=O)CC2)nc1. The number of hydrogen-bond acceptors (Lipinski definition) is 10. The van der Waals surface area contributed by atoms with Crippen molar-refractivity contribution in [2.75, 3.05) is 59.7 Å². The summed E-state index contributed by atoms with van der Waals surface area (Å²) in [7, 11) is 0. The molecule has 1 fully saturated rings. The molecule has 0 spiro atoms. The van der Waals surface area contributed by atoms with E-state index in [9.17, 15) is 14.4 Å². The van der Waals surface area contributed by atoms with Crippen molar-refractivity contribution in [1.82, 2.24) is 15.4 Å². The van der Waals surface area contributed by atoms with Crippen LogP contribution in [0.25, 0.3) is 0 Å². The van der Waals surface area contributed by atoms with E-state index < -0.39 is 16.8 Å². The van der Waals surface area contributed by atoms with E-state index in [2.05, 4.69) is 20.6 Å². The Morgan fingerprint density at radius 3 is 2.19 bits per heavy atom. The third-order valence-electron chi connectivity index (χ3n) is 5.30. The fourth-order valence-electron chi connectivity index (χ4n) is 3.59. The molecule has 11 nitrogen and oxygen atoms in total. The Hall–Kier alpha value is -3.99. The lowest BCUT2D eigenvalue weighted by molar-refractivity contribution is 0.0705. The first-order chi connectivity index (χ1) is 15.6. The number of hydrogen-bond donors (Lipinski definition) is 4. The zero-order chi connectivity index (χ0) is 22.5. The molecular weight excluding hydrogens is 414 g/mol. The van der Waals surface area contributed by atoms with Crippen LogP contribution in [0.4, 0.5) is 23.0 Å². The first-order valence-corrected chi connectivity index (χ1v) is 10.2. The van der Waals surface area contributed by atoms with Crippen molar-refractivity contribution in [3.05, 3.63) is 68.7 Å². The Labute approximate surface area is 183 Å². The summed E-state index contributed by atoms with van der Waals surface area (Å²) in [5, 5.41) is 15.0. The first-order valence-electron chi connectivity index (χ1n) is 10.2. The van der Waals surface area contributed by atoms with Gasteiger partial charge in [0.25, 0.3) is 16.8 Å². The topological polar surface area (TPSA) is 140 Å². The van der Waals surface area contributed by atoms with E-state index in [1.54, 1.807) is 0 Å². The smallest absolute Gasteiger partial charge is 0.277 e. The van der Waals surface area contributed by atoms with Gasteiger partial charge in [0, 0.05) is 57.3 Å². The molecule has 2 heterocycles. The van der Waals surface area contributed by atoms with Gasteiger partial charge in [0.15, 0.2) is 0 Å². The van der Waals surface area contributed by atoms with Crippen LogP contribution >= 0.6 is 0 Å². The Morgan fingerprint density at radius 1 is 0.906 bits per heavy atom. The summed E-state index contributed by atoms with van der Waals surface area (Å²) in [6.45, 7) is 3.29. The number of rotatable bonds is 8. The molecule has 0 saturated carbocycles. The van der Waals surface area contributed by atoms with E-state index in [0.717, 1.165) is 5.69 Å². The number of hydroxylamine groups is 1. The molecule has 3 aromatic rings. The molecule has 1 aliphatic rings. The highest BCUT2D eigenvalue weighted by atomic mass is 16.5. The molecule has 0 atom stereocenters. The second-order valence-electron chi connectivity index (χ2n) is 7.29. The van der Waals surface area contributed by atoms with Gasteiger partial charge in [-0.2, -0.15) is 0 Å². The summed E-state index contributed by atoms with van der Waals surface area (Å²) in [5.74, 6) is -0.227. The van der Waals surface area contributed by atoms with Gasteiger partial charge in [0.2, 0.25) is 5.95 Å². The van der Waals surface area contributed by atoms with E-state index in [4.69, 9.17) is 5.21 Å². The molecule has 11 heteroatoms. The van der Waals surface area contributed by atoms with Crippen LogP contribution in [0.5, 0.6) is 0 Å². The van der Waals surface area contributed by atoms with Crippen LogP contribution in [-0.2, 0) is 0 Å². The van der Waals surface area contributed by atoms with Gasteiger partial charge in [-0.15, -0.1) is 0 Å². The van der Waals surface area contributed by atoms with Crippen molar-refractivity contribution in [2.45, 2.75) is 0 Å². The fourth-order valence-corrected chi connectivity index (χ4v) is 3.59. The summed E-state index contributed by atoms with van der Waals surface area (Å²) >= 11 is 0. The lowest BCUT2D eigenvalue weighted by Gasteiger charge is -2.37. The minimum atomic E-state index is -0.680. The van der Waals surface area contributed by atoms with Crippen molar-refractivity contribution >= 4 is 28.9 Å². The molecule has 1 aromatic heterocycles. The third-order valence-corrected chi connectivity index (χ3v) is 5.30. The van der Waals surface area contributed by atoms with E-state index in [0.29, 0.717) is 56.6 Å². The Kier molecular flexibility index (Phi) is 6.26. The van der Waals surface area contributed by atoms with Gasteiger partial charge in [-0.3, -0.25) is 19.6 Å². The van der Waals surface area contributed by atoms with Crippen LogP contribution in [-0.4, -0.2) is 60.4 Å². The van der Waals surface area contributed by atoms with Crippen molar-refractivity contribution in [3.63, 3.8) is 0 Å². The van der Waals surface area contributed by atoms with Crippen LogP contribution in [0.1, 0.15) is 10.4 Å². The molecule has 166 valence electrons. The van der Waals surface area contributed by atoms with Gasteiger partial charge in [-0.1, -0.05) is 18.2 Å². The molecule has 1 amide bonds. The van der Waals surface area contributed by atoms with Crippen LogP contribution in [0, 0.1) is 0 Å². The van der Waals surface area contributed by atoms with Crippen molar-refractivity contribution in [2.24, 2.45) is 0 Å². The quantitative estimate of drug-likeness (QED) is 0.165. The Balaban J connectivity index is 1.32. The highest BCUT2D eigenvalue weighted by Gasteiger charge is 2.29. The first kappa shape index (κ1) is 21.2. The fraction of sp³-hybridized carbons (Fsp3) is 0.286. The number of carbonyl (C=O) groups excluding carboxylic acids is 1. The monoisotopic (exact) mass is 437 g/mol. The number of nitrogens with zero attached hydrogens (tertiary/aromatic N) is 4. The Morgan fingerprint density at radius 2 is 1.53 bits per heavy atom. The molecule has 0 bridgehead atoms. The van der Waals surface area contributed by atoms with E-state index in [1.807, 2.05) is 40.1 Å². The van der Waals surface area contributed by atoms with Crippen molar-refractivity contribution in [3.8, 4) is 0 Å². The van der Waals surface area contributed by atoms with Crippen molar-refractivity contribution < 1.29 is 10.0 Å². The standard InChI is InChI=1S/C21H23N7O4/c29-18-16(23-7-6-22-15-4-2-1-3-5-15)17(19(18)30)27-8-10-28(11-9-27)21-24-12-14(13-25-21)20(31)26-32/h1-5,12-13,22-23,32H,6-11H2,(H,26,31). The number of piperazine rings is 1. The summed E-state index contributed by atoms with van der Waals surface area (Å²) in [4.78, 5) is 47.8. The molecule has 2 aromatic carbocycles. The molecular formula is C21H23N7O4. The summed E-state index contributed by atoms with van der Waals surface area (Å²) in [6, 6.07) is 9.74. The molecule has 1 saturated heterocycles. The van der Waals surface area contributed by atoms with Gasteiger partial charge in [-0.25, -0.2) is 15.4 Å². The van der Waals surface area contributed by atoms with Gasteiger partial charge in [0.1, 0.15) is 11.4 Å². The highest BCUT2D eigenvalue weighted by molar-refractivity contribution is 5.92. The summed E-state index contributed by atoms with van der Waals surface area (Å²) in [5.41, 5.74) is 2.53. The predicted octanol–water partition coefficient (Wildman–Crippen LogP) is 0.0422. The van der Waals surface area contributed by atoms with E-state index in [1.165, 1.54) is 17.9 Å². The van der Waals surface area contributed by atoms with Crippen LogP contribution in [0.15, 0.2) is 52.3 Å². The minimum absolute atomic E-state index is 0.149. The number of nitrogens with one attached hydrogen (secondary N) is 3. The third kappa shape index (κ3) is 4.37. The van der Waals surface area contributed by atoms with E-state index in [-0.39, 0.29) is 5.56 Å². The second kappa shape index (κ2) is 9.43. The molecule has 4 N–H and O–H groups in total. The number of amides is 1. The second-order valence-corrected chi connectivity index (χ2v) is 7.29. The van der Waals surface area contributed by atoms with Gasteiger partial charge < -0.3 is 20.4 Å². The molecule has 0 radical (unpaired) electrons. The van der Waals surface area contributed by atoms with Gasteiger partial charge >= 0.3 is 0 Å². The normalized spacial score (nSPS) is 13.8. The number of para-hydroxylation sites is 1. The van der Waals surface area contributed by atoms with E-state index >= 15 is 0 Å². The van der Waals surface area contributed by atoms with Gasteiger partial charge in [-0.05, 0) is 12.1 Å². The number of benzene rings is 1. The maximum atomic E-state index is 12.2. The molecule has 0 aliphatic carbocycles. The zero-order valence-electron chi connectivity index (χ0n) is 17.2. The largest absolute Gasteiger partial charge is 0.383 e. The minimum Gasteiger partial charge on any atom is -0.383 e.